The predicted molar refractivity (Wildman–Crippen MR) is 92.6 cm³/mol. The minimum Gasteiger partial charge on any atom is -0.493 e. The number of hydrogen-bond acceptors (Lipinski definition) is 6. The van der Waals surface area contributed by atoms with Crippen LogP contribution >= 0.6 is 0 Å². The van der Waals surface area contributed by atoms with Crippen molar-refractivity contribution < 1.29 is 23.4 Å². The number of furan rings is 1. The smallest absolute Gasteiger partial charge is 0.363 e. The molecule has 0 aliphatic carbocycles. The molecule has 1 aromatic heterocycles. The van der Waals surface area contributed by atoms with Crippen LogP contribution in [0, 0.1) is 0 Å². The average molecular weight is 339 g/mol. The Morgan fingerprint density at radius 1 is 1.32 bits per heavy atom. The second kappa shape index (κ2) is 7.09. The summed E-state index contributed by atoms with van der Waals surface area (Å²) in [5.74, 6) is 1.17. The Bertz CT molecular complexity index is 862. The molecule has 6 heteroatoms. The zero-order chi connectivity index (χ0) is 17.8. The van der Waals surface area contributed by atoms with Crippen LogP contribution in [0.4, 0.5) is 0 Å². The van der Waals surface area contributed by atoms with Crippen molar-refractivity contribution in [3.05, 3.63) is 65.8 Å². The third kappa shape index (κ3) is 3.80. The van der Waals surface area contributed by atoms with Gasteiger partial charge in [-0.05, 0) is 48.4 Å². The highest BCUT2D eigenvalue weighted by Gasteiger charge is 2.25. The highest BCUT2D eigenvalue weighted by Crippen LogP contribution is 2.30. The molecular formula is C19H17NO5. The SMILES string of the molecule is C=C(C)COc1ccc(/C=C2\N=C(c3ccco3)OC2=O)cc1OC. The summed E-state index contributed by atoms with van der Waals surface area (Å²) in [5.41, 5.74) is 1.82. The van der Waals surface area contributed by atoms with E-state index in [0.717, 1.165) is 11.1 Å². The Kier molecular flexibility index (Phi) is 4.70. The summed E-state index contributed by atoms with van der Waals surface area (Å²) in [4.78, 5) is 16.1. The van der Waals surface area contributed by atoms with Gasteiger partial charge in [-0.25, -0.2) is 9.79 Å². The third-order valence-electron chi connectivity index (χ3n) is 3.32. The van der Waals surface area contributed by atoms with E-state index in [1.54, 1.807) is 43.5 Å². The van der Waals surface area contributed by atoms with E-state index >= 15 is 0 Å². The number of carbonyl (C=O) groups excluding carboxylic acids is 1. The lowest BCUT2D eigenvalue weighted by Crippen LogP contribution is -2.04. The van der Waals surface area contributed by atoms with Gasteiger partial charge in [0.1, 0.15) is 6.61 Å². The van der Waals surface area contributed by atoms with Gasteiger partial charge >= 0.3 is 5.97 Å². The molecule has 25 heavy (non-hydrogen) atoms. The first-order chi connectivity index (χ1) is 12.1. The van der Waals surface area contributed by atoms with Gasteiger partial charge in [-0.2, -0.15) is 0 Å². The zero-order valence-corrected chi connectivity index (χ0v) is 13.9. The van der Waals surface area contributed by atoms with E-state index in [9.17, 15) is 4.79 Å². The first-order valence-electron chi connectivity index (χ1n) is 7.58. The molecular weight excluding hydrogens is 322 g/mol. The van der Waals surface area contributed by atoms with Crippen LogP contribution in [-0.4, -0.2) is 25.6 Å². The maximum Gasteiger partial charge on any atom is 0.363 e. The van der Waals surface area contributed by atoms with Gasteiger partial charge < -0.3 is 18.6 Å². The molecule has 0 spiro atoms. The van der Waals surface area contributed by atoms with Gasteiger partial charge in [-0.1, -0.05) is 12.6 Å². The predicted octanol–water partition coefficient (Wildman–Crippen LogP) is 3.59. The lowest BCUT2D eigenvalue weighted by molar-refractivity contribution is -0.130. The van der Waals surface area contributed by atoms with Crippen molar-refractivity contribution >= 4 is 17.9 Å². The normalized spacial score (nSPS) is 15.0. The fraction of sp³-hybridized carbons (Fsp3) is 0.158. The number of rotatable bonds is 6. The quantitative estimate of drug-likeness (QED) is 0.457. The van der Waals surface area contributed by atoms with Gasteiger partial charge in [0.2, 0.25) is 0 Å². The van der Waals surface area contributed by atoms with Crippen LogP contribution < -0.4 is 9.47 Å². The Morgan fingerprint density at radius 2 is 2.16 bits per heavy atom. The van der Waals surface area contributed by atoms with Gasteiger partial charge in [0.25, 0.3) is 5.90 Å². The Labute approximate surface area is 145 Å². The number of ether oxygens (including phenoxy) is 3. The van der Waals surface area contributed by atoms with Gasteiger partial charge in [0.05, 0.1) is 13.4 Å². The highest BCUT2D eigenvalue weighted by atomic mass is 16.6. The number of cyclic esters (lactones) is 1. The van der Waals surface area contributed by atoms with Gasteiger partial charge in [0, 0.05) is 0 Å². The van der Waals surface area contributed by atoms with E-state index in [1.807, 2.05) is 6.92 Å². The molecule has 1 aromatic carbocycles. The van der Waals surface area contributed by atoms with E-state index in [0.29, 0.717) is 23.9 Å². The summed E-state index contributed by atoms with van der Waals surface area (Å²) >= 11 is 0. The molecule has 0 saturated heterocycles. The number of aliphatic imine (C=N–C) groups is 1. The van der Waals surface area contributed by atoms with Crippen molar-refractivity contribution in [3.63, 3.8) is 0 Å². The second-order valence-corrected chi connectivity index (χ2v) is 5.47. The van der Waals surface area contributed by atoms with E-state index in [4.69, 9.17) is 18.6 Å². The number of hydrogen-bond donors (Lipinski definition) is 0. The van der Waals surface area contributed by atoms with Crippen LogP contribution in [0.2, 0.25) is 0 Å². The summed E-state index contributed by atoms with van der Waals surface area (Å²) < 4.78 is 21.3. The van der Waals surface area contributed by atoms with Crippen LogP contribution in [0.1, 0.15) is 18.2 Å². The Morgan fingerprint density at radius 3 is 2.84 bits per heavy atom. The summed E-state index contributed by atoms with van der Waals surface area (Å²) in [6, 6.07) is 8.70. The topological polar surface area (TPSA) is 70.3 Å². The number of esters is 1. The lowest BCUT2D eigenvalue weighted by Gasteiger charge is -2.11. The molecule has 0 atom stereocenters. The molecule has 0 fully saturated rings. The summed E-state index contributed by atoms with van der Waals surface area (Å²) in [5, 5.41) is 0. The lowest BCUT2D eigenvalue weighted by atomic mass is 10.1. The first kappa shape index (κ1) is 16.6. The van der Waals surface area contributed by atoms with Crippen molar-refractivity contribution in [1.29, 1.82) is 0 Å². The molecule has 2 aromatic rings. The fourth-order valence-electron chi connectivity index (χ4n) is 2.17. The molecule has 6 nitrogen and oxygen atoms in total. The first-order valence-corrected chi connectivity index (χ1v) is 7.58. The van der Waals surface area contributed by atoms with E-state index in [2.05, 4.69) is 11.6 Å². The summed E-state index contributed by atoms with van der Waals surface area (Å²) in [7, 11) is 1.55. The summed E-state index contributed by atoms with van der Waals surface area (Å²) in [6.07, 6.45) is 3.10. The van der Waals surface area contributed by atoms with Crippen molar-refractivity contribution in [3.8, 4) is 11.5 Å². The Hall–Kier alpha value is -3.28. The van der Waals surface area contributed by atoms with E-state index in [-0.39, 0.29) is 11.6 Å². The van der Waals surface area contributed by atoms with E-state index in [1.165, 1.54) is 6.26 Å². The van der Waals surface area contributed by atoms with Crippen LogP contribution in [0.25, 0.3) is 6.08 Å². The zero-order valence-electron chi connectivity index (χ0n) is 13.9. The molecule has 0 unspecified atom stereocenters. The van der Waals surface area contributed by atoms with Crippen molar-refractivity contribution in [2.24, 2.45) is 4.99 Å². The number of benzene rings is 1. The Balaban J connectivity index is 1.85. The molecule has 0 amide bonds. The summed E-state index contributed by atoms with van der Waals surface area (Å²) in [6.45, 7) is 6.08. The maximum atomic E-state index is 12.0. The number of nitrogens with zero attached hydrogens (tertiary/aromatic N) is 1. The van der Waals surface area contributed by atoms with Crippen LogP contribution in [0.3, 0.4) is 0 Å². The molecule has 1 aliphatic rings. The minimum absolute atomic E-state index is 0.148. The van der Waals surface area contributed by atoms with Gasteiger partial charge in [-0.3, -0.25) is 0 Å². The molecule has 128 valence electrons. The molecule has 2 heterocycles. The van der Waals surface area contributed by atoms with Crippen LogP contribution in [-0.2, 0) is 9.53 Å². The monoisotopic (exact) mass is 339 g/mol. The number of carbonyl (C=O) groups is 1. The molecule has 1 aliphatic heterocycles. The molecule has 0 bridgehead atoms. The molecule has 0 N–H and O–H groups in total. The van der Waals surface area contributed by atoms with Crippen molar-refractivity contribution in [2.45, 2.75) is 6.92 Å². The second-order valence-electron chi connectivity index (χ2n) is 5.47. The molecule has 3 rings (SSSR count). The van der Waals surface area contributed by atoms with Crippen molar-refractivity contribution in [2.75, 3.05) is 13.7 Å². The largest absolute Gasteiger partial charge is 0.493 e. The van der Waals surface area contributed by atoms with Crippen LogP contribution in [0.5, 0.6) is 11.5 Å². The highest BCUT2D eigenvalue weighted by molar-refractivity contribution is 6.11. The van der Waals surface area contributed by atoms with Gasteiger partial charge in [0.15, 0.2) is 23.0 Å². The van der Waals surface area contributed by atoms with Crippen LogP contribution in [0.15, 0.2) is 63.9 Å². The van der Waals surface area contributed by atoms with E-state index < -0.39 is 5.97 Å². The van der Waals surface area contributed by atoms with Gasteiger partial charge in [-0.15, -0.1) is 0 Å². The molecule has 0 saturated carbocycles. The fourth-order valence-corrected chi connectivity index (χ4v) is 2.17. The molecule has 0 radical (unpaired) electrons. The standard InChI is InChI=1S/C19H17NO5/c1-12(2)11-24-15-7-6-13(10-17(15)22-3)9-14-19(21)25-18(20-14)16-5-4-8-23-16/h4-10H,1,11H2,2-3H3/b14-9-. The maximum absolute atomic E-state index is 12.0. The average Bonchev–Trinajstić information content (AvgIpc) is 3.24. The third-order valence-corrected chi connectivity index (χ3v) is 3.32. The van der Waals surface area contributed by atoms with Crippen molar-refractivity contribution in [1.82, 2.24) is 0 Å². The number of methoxy groups -OCH3 is 1. The minimum atomic E-state index is -0.534.